The van der Waals surface area contributed by atoms with E-state index in [0.29, 0.717) is 23.1 Å². The fourth-order valence-corrected chi connectivity index (χ4v) is 2.96. The number of ether oxygens (including phenoxy) is 1. The number of fused-ring (bicyclic) bond motifs is 1. The molecule has 26 heavy (non-hydrogen) atoms. The molecule has 0 spiro atoms. The van der Waals surface area contributed by atoms with Crippen molar-refractivity contribution in [3.05, 3.63) is 69.6 Å². The van der Waals surface area contributed by atoms with Crippen molar-refractivity contribution in [2.24, 2.45) is 5.92 Å². The van der Waals surface area contributed by atoms with Crippen LogP contribution < -0.4 is 10.3 Å². The Morgan fingerprint density at radius 1 is 1.04 bits per heavy atom. The van der Waals surface area contributed by atoms with Crippen LogP contribution in [0.3, 0.4) is 0 Å². The Balaban J connectivity index is 2.13. The average Bonchev–Trinajstić information content (AvgIpc) is 2.60. The lowest BCUT2D eigenvalue weighted by atomic mass is 10.1. The van der Waals surface area contributed by atoms with Crippen LogP contribution in [0.25, 0.3) is 10.8 Å². The Kier molecular flexibility index (Phi) is 4.89. The number of aryl methyl sites for hydroxylation is 2. The molecule has 5 heteroatoms. The van der Waals surface area contributed by atoms with Crippen molar-refractivity contribution in [1.29, 1.82) is 0 Å². The van der Waals surface area contributed by atoms with Gasteiger partial charge in [-0.2, -0.15) is 5.10 Å². The van der Waals surface area contributed by atoms with Crippen molar-refractivity contribution < 1.29 is 9.53 Å². The Bertz CT molecular complexity index is 1010. The van der Waals surface area contributed by atoms with E-state index in [9.17, 15) is 9.59 Å². The Hall–Kier alpha value is -2.95. The first-order chi connectivity index (χ1) is 12.4. The average molecular weight is 350 g/mol. The summed E-state index contributed by atoms with van der Waals surface area (Å²) in [4.78, 5) is 25.5. The van der Waals surface area contributed by atoms with E-state index in [1.54, 1.807) is 24.3 Å². The second-order valence-electron chi connectivity index (χ2n) is 6.89. The van der Waals surface area contributed by atoms with Gasteiger partial charge in [0.25, 0.3) is 5.56 Å². The number of carbonyl (C=O) groups is 1. The summed E-state index contributed by atoms with van der Waals surface area (Å²) in [6, 6.07) is 12.7. The smallest absolute Gasteiger partial charge is 0.364 e. The number of benzene rings is 2. The molecule has 5 nitrogen and oxygen atoms in total. The van der Waals surface area contributed by atoms with Crippen LogP contribution >= 0.6 is 0 Å². The van der Waals surface area contributed by atoms with E-state index in [1.807, 2.05) is 45.9 Å². The zero-order chi connectivity index (χ0) is 18.8. The first-order valence-corrected chi connectivity index (χ1v) is 8.66. The first-order valence-electron chi connectivity index (χ1n) is 8.66. The summed E-state index contributed by atoms with van der Waals surface area (Å²) in [5, 5.41) is 5.30. The summed E-state index contributed by atoms with van der Waals surface area (Å²) >= 11 is 0. The van der Waals surface area contributed by atoms with Crippen LogP contribution in [0.1, 0.15) is 35.5 Å². The van der Waals surface area contributed by atoms with E-state index in [2.05, 4.69) is 5.10 Å². The lowest BCUT2D eigenvalue weighted by molar-refractivity contribution is 0.0725. The molecular formula is C21H22N2O3. The molecule has 2 aromatic carbocycles. The van der Waals surface area contributed by atoms with E-state index >= 15 is 0 Å². The van der Waals surface area contributed by atoms with E-state index in [4.69, 9.17) is 4.74 Å². The van der Waals surface area contributed by atoms with E-state index in [-0.39, 0.29) is 17.2 Å². The minimum atomic E-state index is -0.559. The molecule has 0 atom stereocenters. The quantitative estimate of drug-likeness (QED) is 0.529. The van der Waals surface area contributed by atoms with Gasteiger partial charge in [-0.1, -0.05) is 50.2 Å². The predicted octanol–water partition coefficient (Wildman–Crippen LogP) is 3.89. The number of rotatable bonds is 4. The first kappa shape index (κ1) is 17.9. The maximum Gasteiger partial charge on any atom is 0.364 e. The highest BCUT2D eigenvalue weighted by atomic mass is 16.5. The molecule has 1 heterocycles. The minimum Gasteiger partial charge on any atom is -0.421 e. The largest absolute Gasteiger partial charge is 0.421 e. The van der Waals surface area contributed by atoms with Crippen molar-refractivity contribution in [2.45, 2.75) is 34.2 Å². The van der Waals surface area contributed by atoms with Gasteiger partial charge in [0.1, 0.15) is 5.75 Å². The van der Waals surface area contributed by atoms with Crippen molar-refractivity contribution >= 4 is 16.7 Å². The zero-order valence-electron chi connectivity index (χ0n) is 15.4. The number of carbonyl (C=O) groups excluding carboxylic acids is 1. The summed E-state index contributed by atoms with van der Waals surface area (Å²) in [5.74, 6) is 0.199. The van der Waals surface area contributed by atoms with Gasteiger partial charge in [0.05, 0.1) is 5.39 Å². The molecule has 0 fully saturated rings. The van der Waals surface area contributed by atoms with E-state index < -0.39 is 5.97 Å². The minimum absolute atomic E-state index is 0.156. The summed E-state index contributed by atoms with van der Waals surface area (Å²) in [6.45, 7) is 8.21. The van der Waals surface area contributed by atoms with Gasteiger partial charge in [0, 0.05) is 11.9 Å². The number of hydrogen-bond acceptors (Lipinski definition) is 4. The molecular weight excluding hydrogens is 328 g/mol. The molecule has 0 aliphatic rings. The standard InChI is InChI=1S/C21H22N2O3/c1-13(2)12-23-20(24)17-11-6-5-10-16(17)18(22-23)21(25)26-19-14(3)8-7-9-15(19)4/h5-11,13H,12H2,1-4H3. The van der Waals surface area contributed by atoms with Gasteiger partial charge in [0.2, 0.25) is 0 Å². The third-order valence-corrected chi connectivity index (χ3v) is 4.20. The predicted molar refractivity (Wildman–Crippen MR) is 102 cm³/mol. The third-order valence-electron chi connectivity index (χ3n) is 4.20. The topological polar surface area (TPSA) is 61.2 Å². The van der Waals surface area contributed by atoms with Gasteiger partial charge in [-0.25, -0.2) is 9.48 Å². The molecule has 0 saturated heterocycles. The van der Waals surface area contributed by atoms with Crippen LogP contribution in [0.2, 0.25) is 0 Å². The van der Waals surface area contributed by atoms with Gasteiger partial charge in [-0.15, -0.1) is 0 Å². The van der Waals surface area contributed by atoms with Crippen LogP contribution in [0.15, 0.2) is 47.3 Å². The molecule has 134 valence electrons. The van der Waals surface area contributed by atoms with Crippen molar-refractivity contribution in [3.63, 3.8) is 0 Å². The van der Waals surface area contributed by atoms with Crippen molar-refractivity contribution in [3.8, 4) is 5.75 Å². The highest BCUT2D eigenvalue weighted by Gasteiger charge is 2.20. The van der Waals surface area contributed by atoms with E-state index in [1.165, 1.54) is 4.68 Å². The summed E-state index contributed by atoms with van der Waals surface area (Å²) in [5.41, 5.74) is 1.71. The van der Waals surface area contributed by atoms with Gasteiger partial charge in [-0.3, -0.25) is 4.79 Å². The fraction of sp³-hybridized carbons (Fsp3) is 0.286. The normalized spacial score (nSPS) is 11.1. The van der Waals surface area contributed by atoms with Crippen LogP contribution in [0.4, 0.5) is 0 Å². The Labute approximate surface area is 152 Å². The maximum atomic E-state index is 12.9. The Morgan fingerprint density at radius 2 is 1.65 bits per heavy atom. The summed E-state index contributed by atoms with van der Waals surface area (Å²) in [6.07, 6.45) is 0. The number of aromatic nitrogens is 2. The number of para-hydroxylation sites is 1. The van der Waals surface area contributed by atoms with Crippen LogP contribution in [-0.4, -0.2) is 15.7 Å². The van der Waals surface area contributed by atoms with Gasteiger partial charge in [0.15, 0.2) is 5.69 Å². The molecule has 0 radical (unpaired) electrons. The molecule has 0 N–H and O–H groups in total. The molecule has 0 unspecified atom stereocenters. The van der Waals surface area contributed by atoms with Gasteiger partial charge in [-0.05, 0) is 37.0 Å². The molecule has 1 aromatic heterocycles. The third kappa shape index (κ3) is 3.38. The summed E-state index contributed by atoms with van der Waals surface area (Å²) < 4.78 is 7.01. The highest BCUT2D eigenvalue weighted by molar-refractivity contribution is 6.03. The maximum absolute atomic E-state index is 12.9. The van der Waals surface area contributed by atoms with Gasteiger partial charge >= 0.3 is 5.97 Å². The second kappa shape index (κ2) is 7.12. The molecule has 3 rings (SSSR count). The fourth-order valence-electron chi connectivity index (χ4n) is 2.96. The van der Waals surface area contributed by atoms with E-state index in [0.717, 1.165) is 11.1 Å². The van der Waals surface area contributed by atoms with Crippen LogP contribution in [0.5, 0.6) is 5.75 Å². The highest BCUT2D eigenvalue weighted by Crippen LogP contribution is 2.24. The lowest BCUT2D eigenvalue weighted by Crippen LogP contribution is -2.28. The molecule has 0 aliphatic carbocycles. The molecule has 0 bridgehead atoms. The number of nitrogens with zero attached hydrogens (tertiary/aromatic N) is 2. The van der Waals surface area contributed by atoms with Crippen molar-refractivity contribution in [1.82, 2.24) is 9.78 Å². The SMILES string of the molecule is Cc1cccc(C)c1OC(=O)c1nn(CC(C)C)c(=O)c2ccccc12. The number of esters is 1. The molecule has 0 saturated carbocycles. The summed E-state index contributed by atoms with van der Waals surface area (Å²) in [7, 11) is 0. The van der Waals surface area contributed by atoms with Crippen molar-refractivity contribution in [2.75, 3.05) is 0 Å². The monoisotopic (exact) mass is 350 g/mol. The van der Waals surface area contributed by atoms with Gasteiger partial charge < -0.3 is 4.74 Å². The zero-order valence-corrected chi connectivity index (χ0v) is 15.4. The number of hydrogen-bond donors (Lipinski definition) is 0. The lowest BCUT2D eigenvalue weighted by Gasteiger charge is -2.13. The second-order valence-corrected chi connectivity index (χ2v) is 6.89. The molecule has 3 aromatic rings. The Morgan fingerprint density at radius 3 is 2.27 bits per heavy atom. The molecule has 0 aliphatic heterocycles. The molecule has 0 amide bonds. The van der Waals surface area contributed by atoms with Crippen LogP contribution in [-0.2, 0) is 6.54 Å². The van der Waals surface area contributed by atoms with Crippen LogP contribution in [0, 0.1) is 19.8 Å².